The van der Waals surface area contributed by atoms with Gasteiger partial charge in [-0.2, -0.15) is 0 Å². The Balaban J connectivity index is 1.74. The molecule has 10 heteroatoms. The number of likely N-dealkylation sites (tertiary alicyclic amines) is 1. The molecule has 0 unspecified atom stereocenters. The zero-order valence-corrected chi connectivity index (χ0v) is 23.7. The SMILES string of the molecule is CCC1(CC)COP(=S)(S#[Te]2(SSC(=S)N3CCCC3)CCCCC2)OC1. The standard InChI is InChI=1S/C17H32NO2PS5Te/c1-3-17(4-2)14-19-21(23,20-15-17)25-27(12-8-5-9-13-27)26-24-16(22)18-10-6-7-11-18/h3-15H2,1-2H3. The van der Waals surface area contributed by atoms with Gasteiger partial charge < -0.3 is 0 Å². The van der Waals surface area contributed by atoms with Crippen molar-refractivity contribution in [1.29, 1.82) is 0 Å². The van der Waals surface area contributed by atoms with E-state index in [1.54, 1.807) is 0 Å². The molecule has 0 bridgehead atoms. The molecule has 0 aromatic carbocycles. The Morgan fingerprint density at radius 3 is 2.19 bits per heavy atom. The fourth-order valence-corrected chi connectivity index (χ4v) is 63.9. The van der Waals surface area contributed by atoms with Crippen molar-refractivity contribution >= 4 is 75.3 Å². The van der Waals surface area contributed by atoms with Crippen LogP contribution in [0.25, 0.3) is 0 Å². The molecule has 0 atom stereocenters. The zero-order chi connectivity index (χ0) is 19.4. The monoisotopic (exact) mass is 603 g/mol. The van der Waals surface area contributed by atoms with Gasteiger partial charge in [-0.05, 0) is 0 Å². The fraction of sp³-hybridized carbons (Fsp3) is 0.941. The van der Waals surface area contributed by atoms with Crippen LogP contribution in [0.3, 0.4) is 0 Å². The summed E-state index contributed by atoms with van der Waals surface area (Å²) in [5.74, 6) is 0. The molecule has 0 aromatic rings. The van der Waals surface area contributed by atoms with Crippen molar-refractivity contribution in [1.82, 2.24) is 4.90 Å². The van der Waals surface area contributed by atoms with Crippen LogP contribution in [0.15, 0.2) is 0 Å². The van der Waals surface area contributed by atoms with Gasteiger partial charge in [-0.1, -0.05) is 0 Å². The van der Waals surface area contributed by atoms with E-state index < -0.39 is 20.3 Å². The zero-order valence-electron chi connectivity index (χ0n) is 16.4. The van der Waals surface area contributed by atoms with Crippen LogP contribution in [0, 0.1) is 5.41 Å². The molecule has 27 heavy (non-hydrogen) atoms. The predicted molar refractivity (Wildman–Crippen MR) is 135 cm³/mol. The predicted octanol–water partition coefficient (Wildman–Crippen LogP) is 7.19. The van der Waals surface area contributed by atoms with E-state index in [1.165, 1.54) is 41.0 Å². The average molecular weight is 601 g/mol. The van der Waals surface area contributed by atoms with Crippen LogP contribution in [0.4, 0.5) is 0 Å². The second-order valence-corrected chi connectivity index (χ2v) is 39.3. The number of thiocarbonyl (C=S) groups is 1. The fourth-order valence-electron chi connectivity index (χ4n) is 3.50. The molecule has 3 rings (SSSR count). The van der Waals surface area contributed by atoms with Crippen molar-refractivity contribution in [3.05, 3.63) is 0 Å². The number of hydrogen-bond donors (Lipinski definition) is 0. The second kappa shape index (κ2) is 10.7. The van der Waals surface area contributed by atoms with Gasteiger partial charge >= 0.3 is 189 Å². The first-order valence-electron chi connectivity index (χ1n) is 9.98. The van der Waals surface area contributed by atoms with E-state index in [2.05, 4.69) is 26.8 Å². The Morgan fingerprint density at radius 1 is 1.04 bits per heavy atom. The molecule has 158 valence electrons. The Labute approximate surface area is 187 Å². The first kappa shape index (κ1) is 23.8. The Bertz CT molecular complexity index is 682. The van der Waals surface area contributed by atoms with Crippen molar-refractivity contribution in [3.8, 4) is 0 Å². The van der Waals surface area contributed by atoms with Gasteiger partial charge in [0, 0.05) is 0 Å². The summed E-state index contributed by atoms with van der Waals surface area (Å²) >= 11 is 9.46. The van der Waals surface area contributed by atoms with Crippen LogP contribution < -0.4 is 0 Å². The molecule has 3 aliphatic rings. The third-order valence-corrected chi connectivity index (χ3v) is 52.9. The molecule has 3 heterocycles. The van der Waals surface area contributed by atoms with Crippen molar-refractivity contribution < 1.29 is 9.05 Å². The summed E-state index contributed by atoms with van der Waals surface area (Å²) in [6, 6.07) is 0. The van der Waals surface area contributed by atoms with E-state index in [4.69, 9.17) is 33.1 Å². The second-order valence-electron chi connectivity index (χ2n) is 7.60. The van der Waals surface area contributed by atoms with Gasteiger partial charge in [-0.25, -0.2) is 0 Å². The molecular weight excluding hydrogens is 569 g/mol. The normalized spacial score (nSPS) is 26.7. The van der Waals surface area contributed by atoms with Crippen LogP contribution in [0.1, 0.15) is 58.8 Å². The summed E-state index contributed by atoms with van der Waals surface area (Å²) < 4.78 is 16.5. The summed E-state index contributed by atoms with van der Waals surface area (Å²) in [5, 5.41) is 0. The first-order valence-corrected chi connectivity index (χ1v) is 25.4. The van der Waals surface area contributed by atoms with Gasteiger partial charge in [0.05, 0.1) is 0 Å². The minimum absolute atomic E-state index is 0.176. The van der Waals surface area contributed by atoms with E-state index >= 15 is 0 Å². The van der Waals surface area contributed by atoms with Crippen molar-refractivity contribution in [2.45, 2.75) is 67.7 Å². The third kappa shape index (κ3) is 6.34. The van der Waals surface area contributed by atoms with Gasteiger partial charge in [0.25, 0.3) is 0 Å². The van der Waals surface area contributed by atoms with Crippen LogP contribution in [-0.2, 0) is 20.9 Å². The molecule has 3 saturated heterocycles. The van der Waals surface area contributed by atoms with Crippen molar-refractivity contribution in [2.24, 2.45) is 5.41 Å². The molecule has 0 spiro atoms. The van der Waals surface area contributed by atoms with Gasteiger partial charge in [-0.15, -0.1) is 0 Å². The van der Waals surface area contributed by atoms with Crippen LogP contribution in [0.2, 0.25) is 8.94 Å². The van der Waals surface area contributed by atoms with E-state index in [0.717, 1.165) is 43.5 Å². The molecule has 3 aliphatic heterocycles. The quantitative estimate of drug-likeness (QED) is 0.146. The van der Waals surface area contributed by atoms with E-state index in [-0.39, 0.29) is 5.41 Å². The molecule has 0 N–H and O–H groups in total. The molecule has 3 nitrogen and oxygen atoms in total. The van der Waals surface area contributed by atoms with Crippen LogP contribution in [0.5, 0.6) is 0 Å². The Kier molecular flexibility index (Phi) is 9.41. The molecule has 0 aliphatic carbocycles. The number of hydrogen-bond acceptors (Lipinski definition) is 6. The number of nitrogens with zero attached hydrogens (tertiary/aromatic N) is 1. The Hall–Kier alpha value is 2.17. The molecule has 0 saturated carbocycles. The van der Waals surface area contributed by atoms with E-state index in [9.17, 15) is 0 Å². The van der Waals surface area contributed by atoms with Crippen molar-refractivity contribution in [2.75, 3.05) is 26.3 Å². The Morgan fingerprint density at radius 2 is 1.63 bits per heavy atom. The molecular formula is C17H32NO2PS5Te. The maximum atomic E-state index is 6.35. The minimum atomic E-state index is -2.28. The van der Waals surface area contributed by atoms with Crippen LogP contribution >= 0.6 is 44.6 Å². The molecule has 0 radical (unpaired) electrons. The topological polar surface area (TPSA) is 21.7 Å². The molecule has 0 amide bonds. The van der Waals surface area contributed by atoms with Crippen LogP contribution in [-0.4, -0.2) is 50.1 Å². The average Bonchev–Trinajstić information content (AvgIpc) is 3.23. The summed E-state index contributed by atoms with van der Waals surface area (Å²) in [7, 11) is 6.04. The van der Waals surface area contributed by atoms with Gasteiger partial charge in [0.1, 0.15) is 0 Å². The van der Waals surface area contributed by atoms with Gasteiger partial charge in [-0.3, -0.25) is 0 Å². The first-order chi connectivity index (χ1) is 12.9. The summed E-state index contributed by atoms with van der Waals surface area (Å²) in [6.45, 7) is 8.33. The maximum absolute atomic E-state index is 6.35. The summed E-state index contributed by atoms with van der Waals surface area (Å²) in [6.07, 6.45) is 8.84. The number of rotatable bonds is 3. The van der Waals surface area contributed by atoms with E-state index in [1.807, 2.05) is 18.6 Å². The molecule has 3 fully saturated rings. The van der Waals surface area contributed by atoms with Gasteiger partial charge in [0.15, 0.2) is 0 Å². The van der Waals surface area contributed by atoms with E-state index in [0.29, 0.717) is 0 Å². The summed E-state index contributed by atoms with van der Waals surface area (Å²) in [4.78, 5) is 2.39. The molecule has 0 aromatic heterocycles. The van der Waals surface area contributed by atoms with Crippen molar-refractivity contribution in [3.63, 3.8) is 0 Å². The summed E-state index contributed by atoms with van der Waals surface area (Å²) in [5.41, 5.74) is -2.02. The third-order valence-electron chi connectivity index (χ3n) is 5.79. The van der Waals surface area contributed by atoms with Gasteiger partial charge in [0.2, 0.25) is 0 Å².